The SMILES string of the molecule is O=C(NCCNC(=O)c1ccc(Cl)cc1Cl)c1nc(Cn2cc(Br)cn2)no1. The first-order valence-electron chi connectivity index (χ1n) is 7.94. The van der Waals surface area contributed by atoms with Gasteiger partial charge in [0.15, 0.2) is 5.82 Å². The lowest BCUT2D eigenvalue weighted by Crippen LogP contribution is -2.34. The van der Waals surface area contributed by atoms with Crippen molar-refractivity contribution in [3.8, 4) is 0 Å². The van der Waals surface area contributed by atoms with Crippen LogP contribution in [0, 0.1) is 0 Å². The van der Waals surface area contributed by atoms with Crippen LogP contribution < -0.4 is 10.6 Å². The number of aromatic nitrogens is 4. The molecule has 0 aliphatic rings. The fraction of sp³-hybridized carbons (Fsp3) is 0.188. The monoisotopic (exact) mass is 486 g/mol. The molecule has 2 N–H and O–H groups in total. The van der Waals surface area contributed by atoms with Gasteiger partial charge in [-0.2, -0.15) is 10.1 Å². The summed E-state index contributed by atoms with van der Waals surface area (Å²) in [7, 11) is 0. The quantitative estimate of drug-likeness (QED) is 0.495. The minimum atomic E-state index is -0.542. The van der Waals surface area contributed by atoms with Crippen molar-refractivity contribution >= 4 is 50.9 Å². The number of nitrogens with one attached hydrogen (secondary N) is 2. The molecule has 0 unspecified atom stereocenters. The summed E-state index contributed by atoms with van der Waals surface area (Å²) in [6.45, 7) is 0.617. The first kappa shape index (κ1) is 20.3. The molecular formula is C16H13BrCl2N6O3. The van der Waals surface area contributed by atoms with E-state index in [0.717, 1.165) is 4.47 Å². The van der Waals surface area contributed by atoms with Gasteiger partial charge in [-0.05, 0) is 34.1 Å². The third kappa shape index (κ3) is 5.31. The van der Waals surface area contributed by atoms with Crippen molar-refractivity contribution in [3.63, 3.8) is 0 Å². The number of benzene rings is 1. The Hall–Kier alpha value is -2.43. The van der Waals surface area contributed by atoms with E-state index in [-0.39, 0.29) is 36.5 Å². The fourth-order valence-corrected chi connectivity index (χ4v) is 3.00. The highest BCUT2D eigenvalue weighted by Gasteiger charge is 2.16. The number of hydrogen-bond donors (Lipinski definition) is 2. The zero-order valence-corrected chi connectivity index (χ0v) is 17.3. The minimum absolute atomic E-state index is 0.166. The van der Waals surface area contributed by atoms with Crippen LogP contribution in [0.15, 0.2) is 39.6 Å². The van der Waals surface area contributed by atoms with Crippen LogP contribution in [-0.2, 0) is 6.54 Å². The number of carbonyl (C=O) groups excluding carboxylic acids is 2. The van der Waals surface area contributed by atoms with Crippen LogP contribution in [0.25, 0.3) is 0 Å². The Morgan fingerprint density at radius 1 is 1.18 bits per heavy atom. The zero-order valence-electron chi connectivity index (χ0n) is 14.2. The molecule has 28 heavy (non-hydrogen) atoms. The highest BCUT2D eigenvalue weighted by atomic mass is 79.9. The number of halogens is 3. The molecule has 2 heterocycles. The van der Waals surface area contributed by atoms with Crippen LogP contribution in [0.1, 0.15) is 26.9 Å². The van der Waals surface area contributed by atoms with Gasteiger partial charge in [0.2, 0.25) is 0 Å². The highest BCUT2D eigenvalue weighted by molar-refractivity contribution is 9.10. The molecule has 0 atom stereocenters. The molecule has 0 radical (unpaired) electrons. The van der Waals surface area contributed by atoms with Crippen LogP contribution in [0.2, 0.25) is 10.0 Å². The molecule has 0 aliphatic carbocycles. The molecule has 2 amide bonds. The normalized spacial score (nSPS) is 10.7. The van der Waals surface area contributed by atoms with E-state index in [2.05, 4.69) is 41.8 Å². The van der Waals surface area contributed by atoms with Gasteiger partial charge in [-0.1, -0.05) is 28.4 Å². The molecule has 9 nitrogen and oxygen atoms in total. The topological polar surface area (TPSA) is 115 Å². The van der Waals surface area contributed by atoms with E-state index in [1.165, 1.54) is 12.1 Å². The van der Waals surface area contributed by atoms with Crippen molar-refractivity contribution in [2.45, 2.75) is 6.54 Å². The van der Waals surface area contributed by atoms with Crippen molar-refractivity contribution in [2.24, 2.45) is 0 Å². The number of carbonyl (C=O) groups is 2. The second-order valence-corrected chi connectivity index (χ2v) is 7.27. The molecule has 0 bridgehead atoms. The standard InChI is InChI=1S/C16H13BrCl2N6O3/c17-9-6-22-25(7-9)8-13-23-16(28-24-13)15(27)21-4-3-20-14(26)11-2-1-10(18)5-12(11)19/h1-2,5-7H,3-4,8H2,(H,20,26)(H,21,27). The van der Waals surface area contributed by atoms with Crippen molar-refractivity contribution in [3.05, 3.63) is 62.4 Å². The first-order valence-corrected chi connectivity index (χ1v) is 9.49. The smallest absolute Gasteiger partial charge is 0.316 e. The minimum Gasteiger partial charge on any atom is -0.350 e. The highest BCUT2D eigenvalue weighted by Crippen LogP contribution is 2.20. The lowest BCUT2D eigenvalue weighted by Gasteiger charge is -2.07. The molecule has 146 valence electrons. The maximum absolute atomic E-state index is 12.1. The number of amides is 2. The van der Waals surface area contributed by atoms with Gasteiger partial charge < -0.3 is 15.2 Å². The maximum Gasteiger partial charge on any atom is 0.316 e. The van der Waals surface area contributed by atoms with E-state index in [9.17, 15) is 9.59 Å². The Morgan fingerprint density at radius 2 is 1.93 bits per heavy atom. The molecule has 2 aromatic heterocycles. The predicted molar refractivity (Wildman–Crippen MR) is 104 cm³/mol. The van der Waals surface area contributed by atoms with Gasteiger partial charge in [0.1, 0.15) is 6.54 Å². The number of hydrogen-bond acceptors (Lipinski definition) is 6. The zero-order chi connectivity index (χ0) is 20.1. The van der Waals surface area contributed by atoms with E-state index in [1.807, 2.05) is 0 Å². The molecule has 12 heteroatoms. The van der Waals surface area contributed by atoms with Crippen molar-refractivity contribution in [1.82, 2.24) is 30.6 Å². The molecule has 0 saturated heterocycles. The third-order valence-corrected chi connectivity index (χ3v) is 4.40. The van der Waals surface area contributed by atoms with Gasteiger partial charge in [0, 0.05) is 24.3 Å². The molecular weight excluding hydrogens is 475 g/mol. The van der Waals surface area contributed by atoms with Crippen molar-refractivity contribution in [2.75, 3.05) is 13.1 Å². The number of rotatable bonds is 7. The molecule has 0 aliphatic heterocycles. The summed E-state index contributed by atoms with van der Waals surface area (Å²) in [4.78, 5) is 28.1. The summed E-state index contributed by atoms with van der Waals surface area (Å²) in [5.74, 6) is -0.778. The largest absolute Gasteiger partial charge is 0.350 e. The summed E-state index contributed by atoms with van der Waals surface area (Å²) in [5.41, 5.74) is 0.296. The van der Waals surface area contributed by atoms with Crippen LogP contribution in [-0.4, -0.2) is 44.8 Å². The Labute approximate surface area is 177 Å². The average molecular weight is 488 g/mol. The molecule has 1 aromatic carbocycles. The van der Waals surface area contributed by atoms with Gasteiger partial charge in [-0.25, -0.2) is 0 Å². The summed E-state index contributed by atoms with van der Waals surface area (Å²) >= 11 is 15.1. The van der Waals surface area contributed by atoms with Gasteiger partial charge >= 0.3 is 11.8 Å². The number of nitrogens with zero attached hydrogens (tertiary/aromatic N) is 4. The van der Waals surface area contributed by atoms with Gasteiger partial charge in [0.05, 0.1) is 21.3 Å². The summed E-state index contributed by atoms with van der Waals surface area (Å²) in [6, 6.07) is 4.57. The van der Waals surface area contributed by atoms with Crippen LogP contribution in [0.5, 0.6) is 0 Å². The second-order valence-electron chi connectivity index (χ2n) is 5.51. The predicted octanol–water partition coefficient (Wildman–Crippen LogP) is 2.54. The van der Waals surface area contributed by atoms with Gasteiger partial charge in [0.25, 0.3) is 5.91 Å². The van der Waals surface area contributed by atoms with Crippen LogP contribution in [0.4, 0.5) is 0 Å². The summed E-state index contributed by atoms with van der Waals surface area (Å²) in [5, 5.41) is 13.7. The van der Waals surface area contributed by atoms with E-state index in [4.69, 9.17) is 27.7 Å². The lowest BCUT2D eigenvalue weighted by atomic mass is 10.2. The Morgan fingerprint density at radius 3 is 2.61 bits per heavy atom. The summed E-state index contributed by atoms with van der Waals surface area (Å²) in [6.07, 6.45) is 3.37. The van der Waals surface area contributed by atoms with Crippen LogP contribution in [0.3, 0.4) is 0 Å². The van der Waals surface area contributed by atoms with E-state index in [1.54, 1.807) is 23.1 Å². The maximum atomic E-state index is 12.1. The van der Waals surface area contributed by atoms with Gasteiger partial charge in [-0.15, -0.1) is 0 Å². The summed E-state index contributed by atoms with van der Waals surface area (Å²) < 4.78 is 7.34. The molecule has 3 rings (SSSR count). The Balaban J connectivity index is 1.45. The Kier molecular flexibility index (Phi) is 6.65. The average Bonchev–Trinajstić information content (AvgIpc) is 3.27. The lowest BCUT2D eigenvalue weighted by molar-refractivity contribution is 0.0898. The molecule has 0 fully saturated rings. The molecule has 0 saturated carbocycles. The fourth-order valence-electron chi connectivity index (χ4n) is 2.18. The first-order chi connectivity index (χ1) is 13.4. The van der Waals surface area contributed by atoms with Gasteiger partial charge in [-0.3, -0.25) is 14.3 Å². The van der Waals surface area contributed by atoms with E-state index in [0.29, 0.717) is 16.4 Å². The van der Waals surface area contributed by atoms with E-state index >= 15 is 0 Å². The van der Waals surface area contributed by atoms with Crippen LogP contribution >= 0.6 is 39.1 Å². The third-order valence-electron chi connectivity index (χ3n) is 3.44. The van der Waals surface area contributed by atoms with Crippen molar-refractivity contribution < 1.29 is 14.1 Å². The molecule has 0 spiro atoms. The Bertz CT molecular complexity index is 1010. The van der Waals surface area contributed by atoms with Crippen molar-refractivity contribution in [1.29, 1.82) is 0 Å². The second kappa shape index (κ2) is 9.18. The van der Waals surface area contributed by atoms with E-state index < -0.39 is 5.91 Å². The molecule has 3 aromatic rings.